The van der Waals surface area contributed by atoms with E-state index in [1.54, 1.807) is 36.6 Å². The smallest absolute Gasteiger partial charge is 0.338 e. The number of carbonyl (C=O) groups is 2. The molecule has 0 radical (unpaired) electrons. The summed E-state index contributed by atoms with van der Waals surface area (Å²) < 4.78 is 29.3. The van der Waals surface area contributed by atoms with Crippen molar-refractivity contribution in [3.8, 4) is 0 Å². The van der Waals surface area contributed by atoms with Gasteiger partial charge in [0.05, 0.1) is 30.1 Å². The lowest BCUT2D eigenvalue weighted by Gasteiger charge is -2.62. The molecule has 4 fully saturated rings. The maximum Gasteiger partial charge on any atom is 0.338 e. The zero-order valence-corrected chi connectivity index (χ0v) is 28.7. The lowest BCUT2D eigenvalue weighted by Crippen LogP contribution is -2.60. The SMILES string of the molecule is CC(=O)O[C@H]1[C@@H](N=[N+]=[N-])COC(O[C@@H]2C=C3CCC4C(CC[C@]5(C)[C@@H](c6ccc(=O)oc6)CC[C@]45O)[C@@]3(C)CC2)[C@H]1OC(=O)c1ccccc1. The van der Waals surface area contributed by atoms with E-state index in [2.05, 4.69) is 29.9 Å². The molecule has 1 saturated heterocycles. The van der Waals surface area contributed by atoms with Gasteiger partial charge in [0.1, 0.15) is 6.04 Å². The Morgan fingerprint density at radius 1 is 0.980 bits per heavy atom. The van der Waals surface area contributed by atoms with Gasteiger partial charge in [0.15, 0.2) is 18.5 Å². The largest absolute Gasteiger partial charge is 0.458 e. The maximum atomic E-state index is 13.2. The normalized spacial score (nSPS) is 39.1. The maximum absolute atomic E-state index is 13.2. The zero-order chi connectivity index (χ0) is 35.3. The summed E-state index contributed by atoms with van der Waals surface area (Å²) in [5.41, 5.74) is 10.2. The summed E-state index contributed by atoms with van der Waals surface area (Å²) in [4.78, 5) is 39.9. The lowest BCUT2D eigenvalue weighted by atomic mass is 9.45. The number of ether oxygens (including phenoxy) is 4. The van der Waals surface area contributed by atoms with Crippen LogP contribution in [0.5, 0.6) is 0 Å². The van der Waals surface area contributed by atoms with Gasteiger partial charge in [-0.25, -0.2) is 9.59 Å². The van der Waals surface area contributed by atoms with Gasteiger partial charge >= 0.3 is 17.6 Å². The second-order valence-corrected chi connectivity index (χ2v) is 15.2. The van der Waals surface area contributed by atoms with Crippen LogP contribution in [0.4, 0.5) is 0 Å². The van der Waals surface area contributed by atoms with Crippen LogP contribution in [-0.2, 0) is 23.7 Å². The molecule has 266 valence electrons. The molecule has 0 bridgehead atoms. The number of azide groups is 1. The first-order valence-corrected chi connectivity index (χ1v) is 17.7. The summed E-state index contributed by atoms with van der Waals surface area (Å²) >= 11 is 0. The fourth-order valence-electron chi connectivity index (χ4n) is 10.3. The van der Waals surface area contributed by atoms with E-state index in [4.69, 9.17) is 23.4 Å². The Morgan fingerprint density at radius 2 is 1.78 bits per heavy atom. The van der Waals surface area contributed by atoms with Crippen LogP contribution >= 0.6 is 0 Å². The van der Waals surface area contributed by atoms with E-state index in [-0.39, 0.29) is 41.0 Å². The van der Waals surface area contributed by atoms with Gasteiger partial charge in [0, 0.05) is 23.3 Å². The van der Waals surface area contributed by atoms with Crippen molar-refractivity contribution in [3.63, 3.8) is 0 Å². The number of aliphatic hydroxyl groups is 1. The minimum Gasteiger partial charge on any atom is -0.458 e. The third-order valence-electron chi connectivity index (χ3n) is 12.8. The molecule has 1 aromatic carbocycles. The lowest BCUT2D eigenvalue weighted by molar-refractivity contribution is -0.262. The van der Waals surface area contributed by atoms with Crippen molar-refractivity contribution in [2.45, 2.75) is 114 Å². The number of allylic oxidation sites excluding steroid dienone is 1. The van der Waals surface area contributed by atoms with Gasteiger partial charge in [-0.1, -0.05) is 48.8 Å². The van der Waals surface area contributed by atoms with Crippen LogP contribution in [0.2, 0.25) is 0 Å². The highest BCUT2D eigenvalue weighted by Gasteiger charge is 2.66. The molecule has 1 aromatic heterocycles. The number of rotatable bonds is 7. The van der Waals surface area contributed by atoms with Crippen LogP contribution in [-0.4, -0.2) is 59.9 Å². The molecule has 1 N–H and O–H groups in total. The monoisotopic (exact) mass is 687 g/mol. The molecule has 3 saturated carbocycles. The van der Waals surface area contributed by atoms with Gasteiger partial charge < -0.3 is 28.5 Å². The van der Waals surface area contributed by atoms with Crippen molar-refractivity contribution in [3.05, 3.63) is 92.4 Å². The van der Waals surface area contributed by atoms with Gasteiger partial charge in [-0.05, 0) is 104 Å². The van der Waals surface area contributed by atoms with Gasteiger partial charge in [-0.2, -0.15) is 0 Å². The molecule has 1 aliphatic heterocycles. The molecule has 12 heteroatoms. The number of esters is 2. The summed E-state index contributed by atoms with van der Waals surface area (Å²) in [6.45, 7) is 5.72. The predicted molar refractivity (Wildman–Crippen MR) is 180 cm³/mol. The summed E-state index contributed by atoms with van der Waals surface area (Å²) in [6.07, 6.45) is 6.70. The Kier molecular flexibility index (Phi) is 9.17. The van der Waals surface area contributed by atoms with Crippen molar-refractivity contribution in [1.82, 2.24) is 0 Å². The van der Waals surface area contributed by atoms with Crippen LogP contribution < -0.4 is 5.63 Å². The molecule has 2 aromatic rings. The number of benzene rings is 1. The molecule has 7 rings (SSSR count). The molecular formula is C38H45N3O9. The van der Waals surface area contributed by atoms with Crippen molar-refractivity contribution in [1.29, 1.82) is 0 Å². The van der Waals surface area contributed by atoms with E-state index in [0.29, 0.717) is 17.9 Å². The Bertz CT molecular complexity index is 1740. The van der Waals surface area contributed by atoms with Crippen LogP contribution in [0, 0.1) is 22.7 Å². The topological polar surface area (TPSA) is 170 Å². The highest BCUT2D eigenvalue weighted by Crippen LogP contribution is 2.70. The number of carbonyl (C=O) groups excluding carboxylic acids is 2. The second-order valence-electron chi connectivity index (χ2n) is 15.2. The fraction of sp³-hybridized carbons (Fsp3) is 0.605. The van der Waals surface area contributed by atoms with Crippen molar-refractivity contribution in [2.24, 2.45) is 27.8 Å². The first kappa shape index (κ1) is 34.5. The fourth-order valence-corrected chi connectivity index (χ4v) is 10.3. The summed E-state index contributed by atoms with van der Waals surface area (Å²) in [6, 6.07) is 10.9. The van der Waals surface area contributed by atoms with Crippen LogP contribution in [0.15, 0.2) is 74.7 Å². The Balaban J connectivity index is 1.11. The third kappa shape index (κ3) is 5.86. The van der Waals surface area contributed by atoms with Crippen molar-refractivity contribution < 1.29 is 38.1 Å². The number of nitrogens with zero attached hydrogens (tertiary/aromatic N) is 3. The van der Waals surface area contributed by atoms with E-state index in [9.17, 15) is 25.0 Å². The molecule has 0 amide bonds. The van der Waals surface area contributed by atoms with E-state index < -0.39 is 42.1 Å². The highest BCUT2D eigenvalue weighted by molar-refractivity contribution is 5.89. The highest BCUT2D eigenvalue weighted by atomic mass is 16.7. The van der Waals surface area contributed by atoms with E-state index >= 15 is 0 Å². The summed E-state index contributed by atoms with van der Waals surface area (Å²) in [7, 11) is 0. The second kappa shape index (κ2) is 13.3. The minimum atomic E-state index is -1.18. The van der Waals surface area contributed by atoms with Gasteiger partial charge in [-0.3, -0.25) is 4.79 Å². The Hall–Kier alpha value is -3.96. The molecule has 4 aliphatic carbocycles. The van der Waals surface area contributed by atoms with E-state index in [0.717, 1.165) is 50.5 Å². The summed E-state index contributed by atoms with van der Waals surface area (Å²) in [5.74, 6) is -0.686. The predicted octanol–water partition coefficient (Wildman–Crippen LogP) is 6.38. The number of hydrogen-bond donors (Lipinski definition) is 1. The van der Waals surface area contributed by atoms with Crippen LogP contribution in [0.1, 0.15) is 94.0 Å². The van der Waals surface area contributed by atoms with E-state index in [1.807, 2.05) is 6.07 Å². The average Bonchev–Trinajstić information content (AvgIpc) is 3.38. The molecule has 5 aliphatic rings. The van der Waals surface area contributed by atoms with Crippen LogP contribution in [0.25, 0.3) is 10.4 Å². The van der Waals surface area contributed by atoms with Crippen molar-refractivity contribution >= 4 is 11.9 Å². The standard InChI is InChI=1S/C38H45N3O9/c1-22(42)48-32-30(40-41-39)21-47-35(33(32)50-34(44)23-7-5-4-6-8-23)49-26-13-16-36(2)25(19-26)10-11-29-28(36)14-17-37(3)27(15-18-38(29,37)45)24-9-12-31(43)46-20-24/h4-9,12,19-20,26-30,32-33,35,45H,10-11,13-18,21H2,1-3H3/t26-,27+,28?,29?,30-,32-,33-,35?,36-,37+,38-/m0/s1. The molecule has 3 unspecified atom stereocenters. The van der Waals surface area contributed by atoms with Gasteiger partial charge in [0.25, 0.3) is 0 Å². The van der Waals surface area contributed by atoms with E-state index in [1.165, 1.54) is 18.6 Å². The summed E-state index contributed by atoms with van der Waals surface area (Å²) in [5, 5.41) is 16.4. The minimum absolute atomic E-state index is 0.0791. The molecule has 2 heterocycles. The van der Waals surface area contributed by atoms with Crippen LogP contribution in [0.3, 0.4) is 0 Å². The average molecular weight is 688 g/mol. The molecule has 0 spiro atoms. The number of fused-ring (bicyclic) bond motifs is 5. The quantitative estimate of drug-likeness (QED) is 0.114. The first-order valence-electron chi connectivity index (χ1n) is 17.7. The van der Waals surface area contributed by atoms with Gasteiger partial charge in [-0.15, -0.1) is 0 Å². The molecule has 12 nitrogen and oxygen atoms in total. The zero-order valence-electron chi connectivity index (χ0n) is 28.7. The van der Waals surface area contributed by atoms with Gasteiger partial charge in [0.2, 0.25) is 0 Å². The Labute approximate surface area is 290 Å². The van der Waals surface area contributed by atoms with Crippen molar-refractivity contribution in [2.75, 3.05) is 6.61 Å². The third-order valence-corrected chi connectivity index (χ3v) is 12.8. The molecule has 11 atom stereocenters. The number of hydrogen-bond acceptors (Lipinski definition) is 10. The molecule has 50 heavy (non-hydrogen) atoms. The molecular weight excluding hydrogens is 642 g/mol. The first-order chi connectivity index (χ1) is 24.0. The Morgan fingerprint density at radius 3 is 2.50 bits per heavy atom.